The third kappa shape index (κ3) is 5.90. The molecule has 1 amide bonds. The molecule has 0 unspecified atom stereocenters. The number of fused-ring (bicyclic) bond motifs is 1. The molecule has 0 aliphatic carbocycles. The van der Waals surface area contributed by atoms with Crippen molar-refractivity contribution in [2.45, 2.75) is 31.1 Å². The average Bonchev–Trinajstić information content (AvgIpc) is 3.66. The van der Waals surface area contributed by atoms with Gasteiger partial charge in [-0.15, -0.1) is 11.3 Å². The normalized spacial score (nSPS) is 15.9. The molecule has 0 bridgehead atoms. The van der Waals surface area contributed by atoms with Crippen LogP contribution in [0.1, 0.15) is 44.2 Å². The molecule has 2 aromatic heterocycles. The van der Waals surface area contributed by atoms with Gasteiger partial charge in [0.25, 0.3) is 15.9 Å². The minimum atomic E-state index is -4.09. The molecule has 3 aromatic carbocycles. The SMILES string of the molecule is Cc1c(C(=O)O)oc2ccc(S(=O)(=O)N(CCc3ccccc3)c3ccccc3N3CC4(CCN(C(=O)c5sccc5Br)CC4)C3)cc12. The van der Waals surface area contributed by atoms with E-state index in [9.17, 15) is 23.1 Å². The number of likely N-dealkylation sites (tertiary alicyclic amines) is 1. The molecule has 9 nitrogen and oxygen atoms in total. The monoisotopic (exact) mass is 747 g/mol. The van der Waals surface area contributed by atoms with E-state index >= 15 is 0 Å². The first-order valence-electron chi connectivity index (χ1n) is 15.8. The number of carbonyl (C=O) groups excluding carboxylic acids is 1. The van der Waals surface area contributed by atoms with E-state index in [1.165, 1.54) is 33.8 Å². The fourth-order valence-corrected chi connectivity index (χ4v) is 9.92. The zero-order chi connectivity index (χ0) is 33.6. The molecule has 2 saturated heterocycles. The molecule has 0 saturated carbocycles. The second-order valence-corrected chi connectivity index (χ2v) is 16.2. The highest BCUT2D eigenvalue weighted by Gasteiger charge is 2.46. The van der Waals surface area contributed by atoms with Crippen LogP contribution in [0.5, 0.6) is 0 Å². The number of amides is 1. The van der Waals surface area contributed by atoms with Crippen LogP contribution in [0.25, 0.3) is 11.0 Å². The second-order valence-electron chi connectivity index (χ2n) is 12.6. The van der Waals surface area contributed by atoms with Crippen LogP contribution in [0.2, 0.25) is 0 Å². The molecule has 2 fully saturated rings. The summed E-state index contributed by atoms with van der Waals surface area (Å²) in [6.45, 7) is 4.76. The van der Waals surface area contributed by atoms with Gasteiger partial charge in [0.2, 0.25) is 5.76 Å². The number of hydrogen-bond acceptors (Lipinski definition) is 7. The van der Waals surface area contributed by atoms with Gasteiger partial charge in [0.1, 0.15) is 10.5 Å². The number of hydrogen-bond donors (Lipinski definition) is 1. The summed E-state index contributed by atoms with van der Waals surface area (Å²) in [5.41, 5.74) is 3.22. The summed E-state index contributed by atoms with van der Waals surface area (Å²) in [7, 11) is -4.09. The third-order valence-electron chi connectivity index (χ3n) is 9.60. The predicted octanol–water partition coefficient (Wildman–Crippen LogP) is 7.44. The zero-order valence-corrected chi connectivity index (χ0v) is 29.5. The number of aromatic carboxylic acids is 1. The number of carbonyl (C=O) groups is 2. The molecule has 1 spiro atoms. The standard InChI is InChI=1S/C36H34BrN3O6S2/c1-24-27-21-26(11-12-31(27)46-32(24)35(42)43)48(44,45)40(17-13-25-7-3-2-4-8-25)30-10-6-5-9-29(30)39-22-36(23-39)15-18-38(19-16-36)34(41)33-28(37)14-20-47-33/h2-12,14,20-21H,13,15-19,22-23H2,1H3,(H,42,43). The Labute approximate surface area is 291 Å². The number of halogens is 1. The molecular weight excluding hydrogens is 714 g/mol. The van der Waals surface area contributed by atoms with Crippen molar-refractivity contribution in [2.75, 3.05) is 41.9 Å². The molecule has 248 valence electrons. The zero-order valence-electron chi connectivity index (χ0n) is 26.3. The number of piperidine rings is 1. The van der Waals surface area contributed by atoms with E-state index in [-0.39, 0.29) is 28.5 Å². The summed E-state index contributed by atoms with van der Waals surface area (Å²) in [6, 6.07) is 23.8. The summed E-state index contributed by atoms with van der Waals surface area (Å²) >= 11 is 4.94. The van der Waals surface area contributed by atoms with Gasteiger partial charge in [0, 0.05) is 53.6 Å². The summed E-state index contributed by atoms with van der Waals surface area (Å²) < 4.78 is 37.0. The number of para-hydroxylation sites is 2. The summed E-state index contributed by atoms with van der Waals surface area (Å²) in [6.07, 6.45) is 2.27. The topological polar surface area (TPSA) is 111 Å². The van der Waals surface area contributed by atoms with Crippen molar-refractivity contribution in [1.29, 1.82) is 0 Å². The number of furan rings is 1. The fourth-order valence-electron chi connectivity index (χ4n) is 6.90. The first kappa shape index (κ1) is 32.4. The molecule has 5 aromatic rings. The lowest BCUT2D eigenvalue weighted by atomic mass is 9.71. The van der Waals surface area contributed by atoms with Crippen LogP contribution in [0.4, 0.5) is 11.4 Å². The molecule has 12 heteroatoms. The number of anilines is 2. The molecular formula is C36H34BrN3O6S2. The van der Waals surface area contributed by atoms with Crippen LogP contribution in [-0.4, -0.2) is 63.0 Å². The lowest BCUT2D eigenvalue weighted by Crippen LogP contribution is -2.61. The van der Waals surface area contributed by atoms with E-state index in [1.807, 2.05) is 70.9 Å². The van der Waals surface area contributed by atoms with Gasteiger partial charge < -0.3 is 19.3 Å². The Morgan fingerprint density at radius 1 is 1.00 bits per heavy atom. The first-order chi connectivity index (χ1) is 23.1. The van der Waals surface area contributed by atoms with E-state index < -0.39 is 16.0 Å². The second kappa shape index (κ2) is 12.7. The molecule has 4 heterocycles. The molecule has 2 aliphatic rings. The summed E-state index contributed by atoms with van der Waals surface area (Å²) in [5.74, 6) is -1.34. The Bertz CT molecular complexity index is 2110. The Morgan fingerprint density at radius 2 is 1.71 bits per heavy atom. The van der Waals surface area contributed by atoms with Crippen molar-refractivity contribution in [3.05, 3.63) is 110 Å². The first-order valence-corrected chi connectivity index (χ1v) is 18.9. The van der Waals surface area contributed by atoms with Gasteiger partial charge in [0.15, 0.2) is 0 Å². The van der Waals surface area contributed by atoms with E-state index in [1.54, 1.807) is 6.92 Å². The van der Waals surface area contributed by atoms with Gasteiger partial charge in [-0.2, -0.15) is 0 Å². The number of rotatable bonds is 9. The third-order valence-corrected chi connectivity index (χ3v) is 13.2. The molecule has 1 N–H and O–H groups in total. The van der Waals surface area contributed by atoms with E-state index in [0.717, 1.165) is 46.5 Å². The lowest BCUT2D eigenvalue weighted by Gasteiger charge is -2.55. The maximum atomic E-state index is 14.6. The number of carboxylic acids is 1. The van der Waals surface area contributed by atoms with Crippen molar-refractivity contribution in [1.82, 2.24) is 4.90 Å². The minimum Gasteiger partial charge on any atom is -0.475 e. The van der Waals surface area contributed by atoms with Gasteiger partial charge in [-0.25, -0.2) is 13.2 Å². The van der Waals surface area contributed by atoms with Crippen LogP contribution in [-0.2, 0) is 16.4 Å². The van der Waals surface area contributed by atoms with Gasteiger partial charge in [0.05, 0.1) is 16.3 Å². The van der Waals surface area contributed by atoms with Crippen molar-refractivity contribution < 1.29 is 27.5 Å². The van der Waals surface area contributed by atoms with Gasteiger partial charge in [-0.1, -0.05) is 42.5 Å². The molecule has 0 radical (unpaired) electrons. The quantitative estimate of drug-likeness (QED) is 0.167. The Balaban J connectivity index is 1.16. The number of sulfonamides is 1. The number of benzene rings is 3. The van der Waals surface area contributed by atoms with Crippen molar-refractivity contribution in [3.63, 3.8) is 0 Å². The maximum Gasteiger partial charge on any atom is 0.372 e. The van der Waals surface area contributed by atoms with Crippen molar-refractivity contribution in [2.24, 2.45) is 5.41 Å². The number of carboxylic acid groups (broad SMARTS) is 1. The fraction of sp³-hybridized carbons (Fsp3) is 0.278. The minimum absolute atomic E-state index is 0.0631. The van der Waals surface area contributed by atoms with E-state index in [2.05, 4.69) is 20.8 Å². The van der Waals surface area contributed by atoms with Crippen LogP contribution >= 0.6 is 27.3 Å². The Morgan fingerprint density at radius 3 is 2.40 bits per heavy atom. The summed E-state index contributed by atoms with van der Waals surface area (Å²) in [5, 5.41) is 11.9. The highest BCUT2D eigenvalue weighted by Crippen LogP contribution is 2.46. The van der Waals surface area contributed by atoms with Crippen LogP contribution < -0.4 is 9.21 Å². The number of thiophene rings is 1. The molecule has 7 rings (SSSR count). The van der Waals surface area contributed by atoms with Crippen molar-refractivity contribution in [3.8, 4) is 0 Å². The molecule has 0 atom stereocenters. The summed E-state index contributed by atoms with van der Waals surface area (Å²) in [4.78, 5) is 29.8. The van der Waals surface area contributed by atoms with Crippen LogP contribution in [0, 0.1) is 12.3 Å². The Hall–Kier alpha value is -4.13. The van der Waals surface area contributed by atoms with Crippen LogP contribution in [0.15, 0.2) is 98.0 Å². The smallest absolute Gasteiger partial charge is 0.372 e. The maximum absolute atomic E-state index is 14.6. The van der Waals surface area contributed by atoms with Gasteiger partial charge >= 0.3 is 5.97 Å². The molecule has 48 heavy (non-hydrogen) atoms. The van der Waals surface area contributed by atoms with E-state index in [0.29, 0.717) is 41.7 Å². The van der Waals surface area contributed by atoms with Crippen LogP contribution in [0.3, 0.4) is 0 Å². The largest absolute Gasteiger partial charge is 0.475 e. The highest BCUT2D eigenvalue weighted by molar-refractivity contribution is 9.10. The lowest BCUT2D eigenvalue weighted by molar-refractivity contribution is 0.0506. The molecule has 2 aliphatic heterocycles. The van der Waals surface area contributed by atoms with Gasteiger partial charge in [-0.05, 0) is 89.5 Å². The van der Waals surface area contributed by atoms with E-state index in [4.69, 9.17) is 4.42 Å². The number of aryl methyl sites for hydroxylation is 1. The predicted molar refractivity (Wildman–Crippen MR) is 191 cm³/mol. The Kier molecular flexibility index (Phi) is 8.59. The average molecular weight is 749 g/mol. The highest BCUT2D eigenvalue weighted by atomic mass is 79.9. The van der Waals surface area contributed by atoms with Gasteiger partial charge in [-0.3, -0.25) is 9.10 Å². The number of nitrogens with zero attached hydrogens (tertiary/aromatic N) is 3. The van der Waals surface area contributed by atoms with Crippen molar-refractivity contribution >= 4 is 71.5 Å².